The fraction of sp³-hybridized carbons (Fsp3) is 0.600. The standard InChI is InChI=1S/C15H21ClN2O2/c1-11-2-4-12(5-3-11)8-9-17-14-7-6-13(16)10-15(14)18(19)20/h6-7,10-12,17H,2-5,8-9H2,1H3. The van der Waals surface area contributed by atoms with Crippen LogP contribution >= 0.6 is 11.6 Å². The Morgan fingerprint density at radius 3 is 2.70 bits per heavy atom. The fourth-order valence-corrected chi connectivity index (χ4v) is 3.00. The zero-order valence-corrected chi connectivity index (χ0v) is 12.5. The molecule has 1 fully saturated rings. The van der Waals surface area contributed by atoms with Crippen LogP contribution in [0.25, 0.3) is 0 Å². The van der Waals surface area contributed by atoms with Gasteiger partial charge >= 0.3 is 0 Å². The Morgan fingerprint density at radius 1 is 1.35 bits per heavy atom. The number of benzene rings is 1. The van der Waals surface area contributed by atoms with Crippen molar-refractivity contribution in [1.29, 1.82) is 0 Å². The summed E-state index contributed by atoms with van der Waals surface area (Å²) < 4.78 is 0. The van der Waals surface area contributed by atoms with Gasteiger partial charge in [-0.2, -0.15) is 0 Å². The fourth-order valence-electron chi connectivity index (χ4n) is 2.83. The minimum absolute atomic E-state index is 0.0507. The second-order valence-corrected chi connectivity index (χ2v) is 6.20. The van der Waals surface area contributed by atoms with Gasteiger partial charge in [0.2, 0.25) is 0 Å². The smallest absolute Gasteiger partial charge is 0.293 e. The second kappa shape index (κ2) is 6.93. The number of nitrogens with one attached hydrogen (secondary N) is 1. The number of rotatable bonds is 5. The monoisotopic (exact) mass is 296 g/mol. The summed E-state index contributed by atoms with van der Waals surface area (Å²) in [6.45, 7) is 3.09. The Morgan fingerprint density at radius 2 is 2.05 bits per heavy atom. The van der Waals surface area contributed by atoms with E-state index in [0.717, 1.165) is 24.8 Å². The first-order valence-corrected chi connectivity index (χ1v) is 7.62. The van der Waals surface area contributed by atoms with Crippen molar-refractivity contribution in [3.8, 4) is 0 Å². The van der Waals surface area contributed by atoms with Gasteiger partial charge in [-0.3, -0.25) is 10.1 Å². The molecule has 5 heteroatoms. The lowest BCUT2D eigenvalue weighted by molar-refractivity contribution is -0.383. The molecule has 110 valence electrons. The first-order valence-electron chi connectivity index (χ1n) is 7.24. The van der Waals surface area contributed by atoms with Crippen LogP contribution in [0.1, 0.15) is 39.0 Å². The SMILES string of the molecule is CC1CCC(CCNc2ccc(Cl)cc2[N+](=O)[O-])CC1. The largest absolute Gasteiger partial charge is 0.379 e. The summed E-state index contributed by atoms with van der Waals surface area (Å²) in [5.41, 5.74) is 0.610. The highest BCUT2D eigenvalue weighted by atomic mass is 35.5. The topological polar surface area (TPSA) is 55.2 Å². The predicted octanol–water partition coefficient (Wildman–Crippen LogP) is 4.88. The van der Waals surface area contributed by atoms with Crippen LogP contribution in [0.15, 0.2) is 18.2 Å². The van der Waals surface area contributed by atoms with Gasteiger partial charge in [-0.1, -0.05) is 44.2 Å². The average molecular weight is 297 g/mol. The van der Waals surface area contributed by atoms with Crippen molar-refractivity contribution in [3.05, 3.63) is 33.3 Å². The number of anilines is 1. The Labute approximate surface area is 124 Å². The molecule has 1 N–H and O–H groups in total. The van der Waals surface area contributed by atoms with Crippen LogP contribution in [0.4, 0.5) is 11.4 Å². The molecule has 1 saturated carbocycles. The summed E-state index contributed by atoms with van der Waals surface area (Å²) in [6, 6.07) is 4.76. The maximum atomic E-state index is 11.0. The lowest BCUT2D eigenvalue weighted by atomic mass is 9.81. The Kier molecular flexibility index (Phi) is 5.24. The van der Waals surface area contributed by atoms with Crippen LogP contribution in [0.2, 0.25) is 5.02 Å². The number of nitrogens with zero attached hydrogens (tertiary/aromatic N) is 1. The molecule has 0 aliphatic heterocycles. The summed E-state index contributed by atoms with van der Waals surface area (Å²) in [4.78, 5) is 10.6. The van der Waals surface area contributed by atoms with E-state index < -0.39 is 4.92 Å². The van der Waals surface area contributed by atoms with Gasteiger partial charge in [-0.15, -0.1) is 0 Å². The van der Waals surface area contributed by atoms with E-state index in [2.05, 4.69) is 12.2 Å². The molecule has 2 rings (SSSR count). The maximum absolute atomic E-state index is 11.0. The van der Waals surface area contributed by atoms with Crippen molar-refractivity contribution in [1.82, 2.24) is 0 Å². The summed E-state index contributed by atoms with van der Waals surface area (Å²) in [7, 11) is 0. The Balaban J connectivity index is 1.86. The van der Waals surface area contributed by atoms with Crippen LogP contribution < -0.4 is 5.32 Å². The molecule has 4 nitrogen and oxygen atoms in total. The van der Waals surface area contributed by atoms with Crippen molar-refractivity contribution in [3.63, 3.8) is 0 Å². The molecule has 0 bridgehead atoms. The quantitative estimate of drug-likeness (QED) is 0.622. The molecule has 0 unspecified atom stereocenters. The maximum Gasteiger partial charge on any atom is 0.293 e. The first kappa shape index (κ1) is 15.1. The van der Waals surface area contributed by atoms with Crippen LogP contribution in [-0.4, -0.2) is 11.5 Å². The van der Waals surface area contributed by atoms with E-state index in [1.165, 1.54) is 31.7 Å². The van der Waals surface area contributed by atoms with Crippen LogP contribution in [0, 0.1) is 22.0 Å². The minimum atomic E-state index is -0.392. The number of hydrogen-bond acceptors (Lipinski definition) is 3. The molecule has 1 aromatic carbocycles. The van der Waals surface area contributed by atoms with E-state index in [1.54, 1.807) is 12.1 Å². The summed E-state index contributed by atoms with van der Waals surface area (Å²) in [5, 5.41) is 14.6. The van der Waals surface area contributed by atoms with Gasteiger partial charge in [0.05, 0.1) is 4.92 Å². The normalized spacial score (nSPS) is 22.5. The summed E-state index contributed by atoms with van der Waals surface area (Å²) in [6.07, 6.45) is 6.27. The molecule has 1 aliphatic carbocycles. The van der Waals surface area contributed by atoms with E-state index in [0.29, 0.717) is 10.7 Å². The minimum Gasteiger partial charge on any atom is -0.379 e. The highest BCUT2D eigenvalue weighted by Crippen LogP contribution is 2.31. The number of nitro groups is 1. The molecule has 1 aliphatic rings. The molecule has 0 heterocycles. The summed E-state index contributed by atoms with van der Waals surface area (Å²) >= 11 is 5.80. The highest BCUT2D eigenvalue weighted by molar-refractivity contribution is 6.30. The van der Waals surface area contributed by atoms with Gasteiger partial charge < -0.3 is 5.32 Å². The third-order valence-corrected chi connectivity index (χ3v) is 4.40. The van der Waals surface area contributed by atoms with Crippen LogP contribution in [0.5, 0.6) is 0 Å². The molecule has 0 spiro atoms. The van der Waals surface area contributed by atoms with Gasteiger partial charge in [-0.25, -0.2) is 0 Å². The Bertz CT molecular complexity index is 471. The van der Waals surface area contributed by atoms with Gasteiger partial charge in [-0.05, 0) is 30.4 Å². The van der Waals surface area contributed by atoms with Crippen LogP contribution in [-0.2, 0) is 0 Å². The van der Waals surface area contributed by atoms with Crippen molar-refractivity contribution in [2.45, 2.75) is 39.0 Å². The van der Waals surface area contributed by atoms with Gasteiger partial charge in [0.25, 0.3) is 5.69 Å². The molecule has 0 atom stereocenters. The number of hydrogen-bond donors (Lipinski definition) is 1. The van der Waals surface area contributed by atoms with Crippen molar-refractivity contribution in [2.75, 3.05) is 11.9 Å². The van der Waals surface area contributed by atoms with Crippen molar-refractivity contribution in [2.24, 2.45) is 11.8 Å². The van der Waals surface area contributed by atoms with Gasteiger partial charge in [0.1, 0.15) is 5.69 Å². The lowest BCUT2D eigenvalue weighted by Crippen LogP contribution is -2.16. The molecule has 1 aromatic rings. The van der Waals surface area contributed by atoms with E-state index in [4.69, 9.17) is 11.6 Å². The predicted molar refractivity (Wildman–Crippen MR) is 82.3 cm³/mol. The zero-order valence-electron chi connectivity index (χ0n) is 11.8. The van der Waals surface area contributed by atoms with Crippen LogP contribution in [0.3, 0.4) is 0 Å². The zero-order chi connectivity index (χ0) is 14.5. The molecule has 0 amide bonds. The summed E-state index contributed by atoms with van der Waals surface area (Å²) in [5.74, 6) is 1.61. The Hall–Kier alpha value is -1.29. The average Bonchev–Trinajstić information content (AvgIpc) is 2.42. The van der Waals surface area contributed by atoms with Crippen molar-refractivity contribution >= 4 is 23.0 Å². The first-order chi connectivity index (χ1) is 9.56. The number of nitro benzene ring substituents is 1. The molecule has 0 radical (unpaired) electrons. The molecule has 0 saturated heterocycles. The molecule has 20 heavy (non-hydrogen) atoms. The van der Waals surface area contributed by atoms with E-state index in [1.807, 2.05) is 0 Å². The molecule has 0 aromatic heterocycles. The molecular weight excluding hydrogens is 276 g/mol. The third kappa shape index (κ3) is 4.10. The second-order valence-electron chi connectivity index (χ2n) is 5.76. The van der Waals surface area contributed by atoms with E-state index >= 15 is 0 Å². The van der Waals surface area contributed by atoms with Gasteiger partial charge in [0, 0.05) is 17.6 Å². The highest BCUT2D eigenvalue weighted by Gasteiger charge is 2.18. The third-order valence-electron chi connectivity index (χ3n) is 4.16. The number of halogens is 1. The molecular formula is C15H21ClN2O2. The van der Waals surface area contributed by atoms with E-state index in [9.17, 15) is 10.1 Å². The van der Waals surface area contributed by atoms with Crippen molar-refractivity contribution < 1.29 is 4.92 Å². The lowest BCUT2D eigenvalue weighted by Gasteiger charge is -2.26. The van der Waals surface area contributed by atoms with E-state index in [-0.39, 0.29) is 5.69 Å². The van der Waals surface area contributed by atoms with Gasteiger partial charge in [0.15, 0.2) is 0 Å².